The van der Waals surface area contributed by atoms with Crippen LogP contribution in [0.25, 0.3) is 0 Å². The van der Waals surface area contributed by atoms with Gasteiger partial charge in [0.05, 0.1) is 6.10 Å². The molecule has 0 aliphatic rings. The number of nitrogens with zero attached hydrogens (tertiary/aromatic N) is 1. The summed E-state index contributed by atoms with van der Waals surface area (Å²) < 4.78 is 5.56. The van der Waals surface area contributed by atoms with E-state index in [0.717, 1.165) is 34.8 Å². The van der Waals surface area contributed by atoms with E-state index in [-0.39, 0.29) is 0 Å². The zero-order chi connectivity index (χ0) is 14.0. The summed E-state index contributed by atoms with van der Waals surface area (Å²) in [5.41, 5.74) is 4.06. The van der Waals surface area contributed by atoms with Gasteiger partial charge in [0.25, 0.3) is 0 Å². The minimum Gasteiger partial charge on any atom is -0.466 e. The number of hydrogen-bond donors (Lipinski definition) is 1. The van der Waals surface area contributed by atoms with Crippen LogP contribution in [-0.2, 0) is 12.8 Å². The van der Waals surface area contributed by atoms with Gasteiger partial charge in [-0.05, 0) is 44.4 Å². The molecule has 3 heteroatoms. The van der Waals surface area contributed by atoms with Crippen LogP contribution in [0.1, 0.15) is 46.9 Å². The summed E-state index contributed by atoms with van der Waals surface area (Å²) in [6.45, 7) is 7.91. The Labute approximate surface area is 114 Å². The van der Waals surface area contributed by atoms with Crippen molar-refractivity contribution in [2.75, 3.05) is 0 Å². The predicted molar refractivity (Wildman–Crippen MR) is 75.2 cm³/mol. The molecular formula is C16H21NO2. The molecule has 0 aliphatic heterocycles. The second-order valence-electron chi connectivity index (χ2n) is 4.98. The van der Waals surface area contributed by atoms with E-state index in [9.17, 15) is 5.11 Å². The lowest BCUT2D eigenvalue weighted by atomic mass is 10.0. The van der Waals surface area contributed by atoms with Gasteiger partial charge >= 0.3 is 0 Å². The number of aryl methyl sites for hydroxylation is 3. The molecule has 1 unspecified atom stereocenters. The summed E-state index contributed by atoms with van der Waals surface area (Å²) in [7, 11) is 0. The van der Waals surface area contributed by atoms with Crippen molar-refractivity contribution in [3.8, 4) is 0 Å². The third-order valence-electron chi connectivity index (χ3n) is 3.65. The van der Waals surface area contributed by atoms with E-state index in [2.05, 4.69) is 18.0 Å². The lowest BCUT2D eigenvalue weighted by Gasteiger charge is -2.11. The zero-order valence-electron chi connectivity index (χ0n) is 12.0. The van der Waals surface area contributed by atoms with Crippen LogP contribution in [0.15, 0.2) is 22.7 Å². The van der Waals surface area contributed by atoms with Crippen LogP contribution in [-0.4, -0.2) is 10.1 Å². The van der Waals surface area contributed by atoms with Gasteiger partial charge in [0.15, 0.2) is 0 Å². The Bertz CT molecular complexity index is 555. The SMILES string of the molecule is CCc1ccc(CC(O)c2c(C)oc(C)c2C)nc1. The monoisotopic (exact) mass is 259 g/mol. The fraction of sp³-hybridized carbons (Fsp3) is 0.438. The molecule has 0 amide bonds. The highest BCUT2D eigenvalue weighted by atomic mass is 16.3. The minimum atomic E-state index is -0.558. The van der Waals surface area contributed by atoms with E-state index in [4.69, 9.17) is 4.42 Å². The minimum absolute atomic E-state index is 0.518. The summed E-state index contributed by atoms with van der Waals surface area (Å²) in [6.07, 6.45) is 2.82. The molecular weight excluding hydrogens is 238 g/mol. The van der Waals surface area contributed by atoms with E-state index in [1.807, 2.05) is 33.0 Å². The largest absolute Gasteiger partial charge is 0.466 e. The fourth-order valence-corrected chi connectivity index (χ4v) is 2.38. The topological polar surface area (TPSA) is 46.3 Å². The van der Waals surface area contributed by atoms with Gasteiger partial charge in [-0.25, -0.2) is 0 Å². The van der Waals surface area contributed by atoms with Gasteiger partial charge in [-0.2, -0.15) is 0 Å². The van der Waals surface area contributed by atoms with Crippen LogP contribution >= 0.6 is 0 Å². The fourth-order valence-electron chi connectivity index (χ4n) is 2.38. The maximum atomic E-state index is 10.4. The summed E-state index contributed by atoms with van der Waals surface area (Å²) in [5.74, 6) is 1.67. The number of aliphatic hydroxyl groups is 1. The highest BCUT2D eigenvalue weighted by Crippen LogP contribution is 2.28. The molecule has 0 saturated heterocycles. The first-order chi connectivity index (χ1) is 9.02. The quantitative estimate of drug-likeness (QED) is 0.915. The Hall–Kier alpha value is -1.61. The number of hydrogen-bond acceptors (Lipinski definition) is 3. The van der Waals surface area contributed by atoms with E-state index < -0.39 is 6.10 Å². The Kier molecular flexibility index (Phi) is 4.05. The standard InChI is InChI=1S/C16H21NO2/c1-5-13-6-7-14(17-9-13)8-15(18)16-10(2)11(3)19-12(16)4/h6-7,9,15,18H,5,8H2,1-4H3. The van der Waals surface area contributed by atoms with Gasteiger partial charge in [-0.1, -0.05) is 13.0 Å². The van der Waals surface area contributed by atoms with Crippen LogP contribution < -0.4 is 0 Å². The van der Waals surface area contributed by atoms with E-state index in [1.165, 1.54) is 5.56 Å². The number of aromatic nitrogens is 1. The molecule has 3 nitrogen and oxygen atoms in total. The molecule has 0 radical (unpaired) electrons. The second kappa shape index (κ2) is 5.57. The smallest absolute Gasteiger partial charge is 0.107 e. The third-order valence-corrected chi connectivity index (χ3v) is 3.65. The molecule has 1 atom stereocenters. The van der Waals surface area contributed by atoms with Crippen molar-refractivity contribution in [1.82, 2.24) is 4.98 Å². The van der Waals surface area contributed by atoms with Crippen molar-refractivity contribution in [3.05, 3.63) is 52.2 Å². The van der Waals surface area contributed by atoms with Crippen molar-refractivity contribution >= 4 is 0 Å². The molecule has 0 fully saturated rings. The first-order valence-electron chi connectivity index (χ1n) is 6.71. The molecule has 2 rings (SSSR count). The Morgan fingerprint density at radius 1 is 1.21 bits per heavy atom. The van der Waals surface area contributed by atoms with Gasteiger partial charge < -0.3 is 9.52 Å². The second-order valence-corrected chi connectivity index (χ2v) is 4.98. The molecule has 0 saturated carbocycles. The van der Waals surface area contributed by atoms with Gasteiger partial charge in [0, 0.05) is 23.9 Å². The maximum absolute atomic E-state index is 10.4. The van der Waals surface area contributed by atoms with Gasteiger partial charge in [0.2, 0.25) is 0 Å². The Balaban J connectivity index is 2.18. The first-order valence-corrected chi connectivity index (χ1v) is 6.71. The average Bonchev–Trinajstić information content (AvgIpc) is 2.64. The lowest BCUT2D eigenvalue weighted by molar-refractivity contribution is 0.174. The maximum Gasteiger partial charge on any atom is 0.107 e. The summed E-state index contributed by atoms with van der Waals surface area (Å²) in [6, 6.07) is 4.05. The average molecular weight is 259 g/mol. The van der Waals surface area contributed by atoms with E-state index in [0.29, 0.717) is 6.42 Å². The molecule has 0 spiro atoms. The molecule has 0 aliphatic carbocycles. The van der Waals surface area contributed by atoms with Gasteiger partial charge in [-0.15, -0.1) is 0 Å². The Morgan fingerprint density at radius 3 is 2.42 bits per heavy atom. The van der Waals surface area contributed by atoms with Crippen LogP contribution in [0, 0.1) is 20.8 Å². The third kappa shape index (κ3) is 2.87. The van der Waals surface area contributed by atoms with Crippen molar-refractivity contribution < 1.29 is 9.52 Å². The van der Waals surface area contributed by atoms with Gasteiger partial charge in [0.1, 0.15) is 11.5 Å². The van der Waals surface area contributed by atoms with Crippen molar-refractivity contribution in [1.29, 1.82) is 0 Å². The Morgan fingerprint density at radius 2 is 1.95 bits per heavy atom. The van der Waals surface area contributed by atoms with Crippen LogP contribution in [0.2, 0.25) is 0 Å². The number of pyridine rings is 1. The number of furan rings is 1. The molecule has 0 aromatic carbocycles. The molecule has 1 N–H and O–H groups in total. The van der Waals surface area contributed by atoms with Crippen LogP contribution in [0.5, 0.6) is 0 Å². The van der Waals surface area contributed by atoms with Crippen LogP contribution in [0.4, 0.5) is 0 Å². The normalized spacial score (nSPS) is 12.7. The summed E-state index contributed by atoms with van der Waals surface area (Å²) in [4.78, 5) is 4.39. The molecule has 2 aromatic heterocycles. The number of rotatable bonds is 4. The molecule has 2 heterocycles. The van der Waals surface area contributed by atoms with Crippen LogP contribution in [0.3, 0.4) is 0 Å². The molecule has 19 heavy (non-hydrogen) atoms. The van der Waals surface area contributed by atoms with E-state index in [1.54, 1.807) is 0 Å². The molecule has 0 bridgehead atoms. The van der Waals surface area contributed by atoms with Crippen molar-refractivity contribution in [3.63, 3.8) is 0 Å². The summed E-state index contributed by atoms with van der Waals surface area (Å²) >= 11 is 0. The highest BCUT2D eigenvalue weighted by Gasteiger charge is 2.19. The predicted octanol–water partition coefficient (Wildman–Crippen LogP) is 3.44. The first kappa shape index (κ1) is 13.8. The molecule has 102 valence electrons. The lowest BCUT2D eigenvalue weighted by Crippen LogP contribution is -2.05. The van der Waals surface area contributed by atoms with Crippen molar-refractivity contribution in [2.45, 2.75) is 46.6 Å². The zero-order valence-corrected chi connectivity index (χ0v) is 12.0. The summed E-state index contributed by atoms with van der Waals surface area (Å²) in [5, 5.41) is 10.4. The van der Waals surface area contributed by atoms with E-state index >= 15 is 0 Å². The number of aliphatic hydroxyl groups excluding tert-OH is 1. The van der Waals surface area contributed by atoms with Crippen molar-refractivity contribution in [2.24, 2.45) is 0 Å². The molecule has 2 aromatic rings. The highest BCUT2D eigenvalue weighted by molar-refractivity contribution is 5.34. The van der Waals surface area contributed by atoms with Gasteiger partial charge in [-0.3, -0.25) is 4.98 Å².